The summed E-state index contributed by atoms with van der Waals surface area (Å²) in [5, 5.41) is 12.1. The van der Waals surface area contributed by atoms with Gasteiger partial charge >= 0.3 is 0 Å². The van der Waals surface area contributed by atoms with Crippen molar-refractivity contribution in [3.05, 3.63) is 77.7 Å². The highest BCUT2D eigenvalue weighted by Gasteiger charge is 2.29. The molecule has 0 spiro atoms. The van der Waals surface area contributed by atoms with Gasteiger partial charge in [-0.05, 0) is 35.6 Å². The van der Waals surface area contributed by atoms with Gasteiger partial charge in [0.05, 0.1) is 16.3 Å². The highest BCUT2D eigenvalue weighted by molar-refractivity contribution is 7.13. The molecule has 1 saturated heterocycles. The first-order valence-corrected chi connectivity index (χ1v) is 12.9. The Bertz CT molecular complexity index is 1470. The van der Waals surface area contributed by atoms with E-state index >= 15 is 0 Å². The van der Waals surface area contributed by atoms with Crippen molar-refractivity contribution in [1.29, 1.82) is 0 Å². The second-order valence-electron chi connectivity index (χ2n) is 8.77. The zero-order chi connectivity index (χ0) is 23.8. The Morgan fingerprint density at radius 2 is 1.71 bits per heavy atom. The lowest BCUT2D eigenvalue weighted by Gasteiger charge is -2.37. The summed E-state index contributed by atoms with van der Waals surface area (Å²) in [5.41, 5.74) is 2.79. The van der Waals surface area contributed by atoms with Crippen LogP contribution in [0.2, 0.25) is 0 Å². The monoisotopic (exact) mass is 482 g/mol. The van der Waals surface area contributed by atoms with Crippen LogP contribution < -0.4 is 4.90 Å². The Kier molecular flexibility index (Phi) is 5.66. The van der Waals surface area contributed by atoms with E-state index in [1.54, 1.807) is 11.3 Å². The second kappa shape index (κ2) is 9.11. The quantitative estimate of drug-likeness (QED) is 0.358. The number of nitrogens with zero attached hydrogens (tertiary/aromatic N) is 6. The largest absolute Gasteiger partial charge is 0.339 e. The van der Waals surface area contributed by atoms with Crippen molar-refractivity contribution < 1.29 is 4.79 Å². The molecule has 1 amide bonds. The molecule has 0 saturated carbocycles. The molecule has 3 aromatic heterocycles. The third-order valence-corrected chi connectivity index (χ3v) is 7.62. The molecule has 176 valence electrons. The number of rotatable bonds is 5. The molecule has 0 unspecified atom stereocenters. The molecule has 1 atom stereocenters. The van der Waals surface area contributed by atoms with Gasteiger partial charge in [0.1, 0.15) is 0 Å². The summed E-state index contributed by atoms with van der Waals surface area (Å²) in [6.07, 6.45) is 0.792. The van der Waals surface area contributed by atoms with Crippen molar-refractivity contribution in [3.63, 3.8) is 0 Å². The SMILES string of the molecule is CC[C@H](C(=O)N1CCN(c2nc3ccccc3c3nnc(-c4cccs4)n23)CC1)c1ccccc1. The van der Waals surface area contributed by atoms with Crippen LogP contribution in [-0.2, 0) is 4.79 Å². The van der Waals surface area contributed by atoms with Gasteiger partial charge in [0, 0.05) is 31.6 Å². The van der Waals surface area contributed by atoms with Crippen LogP contribution in [0.25, 0.3) is 27.3 Å². The van der Waals surface area contributed by atoms with Crippen molar-refractivity contribution in [1.82, 2.24) is 24.5 Å². The summed E-state index contributed by atoms with van der Waals surface area (Å²) < 4.78 is 2.07. The van der Waals surface area contributed by atoms with Crippen LogP contribution in [0.5, 0.6) is 0 Å². The van der Waals surface area contributed by atoms with E-state index in [0.717, 1.165) is 45.2 Å². The number of amides is 1. The number of carbonyl (C=O) groups is 1. The van der Waals surface area contributed by atoms with Gasteiger partial charge in [-0.15, -0.1) is 21.5 Å². The standard InChI is InChI=1S/C27H26N6OS/c1-2-20(19-9-4-3-5-10-19)26(34)31-14-16-32(17-15-31)27-28-22-12-7-6-11-21(22)24-29-30-25(33(24)27)23-13-8-18-35-23/h3-13,18,20H,2,14-17H2,1H3/t20-/m0/s1. The van der Waals surface area contributed by atoms with Crippen molar-refractivity contribution in [2.75, 3.05) is 31.1 Å². The molecule has 0 aliphatic carbocycles. The van der Waals surface area contributed by atoms with Gasteiger partial charge in [-0.3, -0.25) is 4.79 Å². The maximum Gasteiger partial charge on any atom is 0.230 e. The number of aromatic nitrogens is 4. The molecular formula is C27H26N6OS. The first-order valence-electron chi connectivity index (χ1n) is 12.0. The average molecular weight is 483 g/mol. The van der Waals surface area contributed by atoms with Crippen molar-refractivity contribution in [3.8, 4) is 10.7 Å². The molecule has 4 heterocycles. The normalized spacial score (nSPS) is 15.1. The van der Waals surface area contributed by atoms with Gasteiger partial charge in [-0.1, -0.05) is 55.5 Å². The Labute approximate surface area is 207 Å². The fourth-order valence-electron chi connectivity index (χ4n) is 4.93. The van der Waals surface area contributed by atoms with Crippen LogP contribution in [0, 0.1) is 0 Å². The molecule has 5 aromatic rings. The smallest absolute Gasteiger partial charge is 0.230 e. The van der Waals surface area contributed by atoms with E-state index in [9.17, 15) is 4.79 Å². The van der Waals surface area contributed by atoms with Crippen LogP contribution in [-0.4, -0.2) is 56.6 Å². The maximum atomic E-state index is 13.4. The van der Waals surface area contributed by atoms with Crippen molar-refractivity contribution in [2.24, 2.45) is 0 Å². The first-order chi connectivity index (χ1) is 17.2. The summed E-state index contributed by atoms with van der Waals surface area (Å²) >= 11 is 1.64. The summed E-state index contributed by atoms with van der Waals surface area (Å²) in [6.45, 7) is 4.82. The van der Waals surface area contributed by atoms with Crippen molar-refractivity contribution in [2.45, 2.75) is 19.3 Å². The third kappa shape index (κ3) is 3.83. The van der Waals surface area contributed by atoms with Crippen LogP contribution in [0.1, 0.15) is 24.8 Å². The van der Waals surface area contributed by atoms with E-state index < -0.39 is 0 Å². The molecule has 0 bridgehead atoms. The lowest BCUT2D eigenvalue weighted by atomic mass is 9.95. The summed E-state index contributed by atoms with van der Waals surface area (Å²) in [6, 6.07) is 22.2. The Morgan fingerprint density at radius 1 is 0.943 bits per heavy atom. The number of hydrogen-bond acceptors (Lipinski definition) is 6. The molecule has 7 nitrogen and oxygen atoms in total. The van der Waals surface area contributed by atoms with E-state index in [1.807, 2.05) is 58.8 Å². The molecule has 1 aliphatic heterocycles. The van der Waals surface area contributed by atoms with Gasteiger partial charge in [-0.2, -0.15) is 0 Å². The highest BCUT2D eigenvalue weighted by Crippen LogP contribution is 2.31. The highest BCUT2D eigenvalue weighted by atomic mass is 32.1. The summed E-state index contributed by atoms with van der Waals surface area (Å²) in [4.78, 5) is 23.8. The molecular weight excluding hydrogens is 456 g/mol. The van der Waals surface area contributed by atoms with Crippen molar-refractivity contribution >= 4 is 39.7 Å². The number of benzene rings is 2. The molecule has 1 fully saturated rings. The van der Waals surface area contributed by atoms with Gasteiger partial charge < -0.3 is 9.80 Å². The number of fused-ring (bicyclic) bond motifs is 3. The molecule has 0 radical (unpaired) electrons. The molecule has 8 heteroatoms. The second-order valence-corrected chi connectivity index (χ2v) is 9.72. The fourth-order valence-corrected chi connectivity index (χ4v) is 5.63. The zero-order valence-corrected chi connectivity index (χ0v) is 20.4. The number of thiophene rings is 1. The van der Waals surface area contributed by atoms with E-state index in [2.05, 4.69) is 44.6 Å². The number of piperazine rings is 1. The third-order valence-electron chi connectivity index (χ3n) is 6.75. The van der Waals surface area contributed by atoms with E-state index in [1.165, 1.54) is 0 Å². The lowest BCUT2D eigenvalue weighted by molar-refractivity contribution is -0.133. The van der Waals surface area contributed by atoms with Crippen LogP contribution in [0.4, 0.5) is 5.95 Å². The van der Waals surface area contributed by atoms with Crippen LogP contribution >= 0.6 is 11.3 Å². The predicted octanol–water partition coefficient (Wildman–Crippen LogP) is 4.85. The molecule has 1 aliphatic rings. The maximum absolute atomic E-state index is 13.4. The average Bonchev–Trinajstić information content (AvgIpc) is 3.60. The Balaban J connectivity index is 1.32. The number of hydrogen-bond donors (Lipinski definition) is 0. The minimum absolute atomic E-state index is 0.100. The van der Waals surface area contributed by atoms with Gasteiger partial charge in [-0.25, -0.2) is 9.38 Å². The van der Waals surface area contributed by atoms with Crippen LogP contribution in [0.3, 0.4) is 0 Å². The molecule has 35 heavy (non-hydrogen) atoms. The molecule has 2 aromatic carbocycles. The Morgan fingerprint density at radius 3 is 2.46 bits per heavy atom. The predicted molar refractivity (Wildman–Crippen MR) is 140 cm³/mol. The number of carbonyl (C=O) groups excluding carboxylic acids is 1. The first kappa shape index (κ1) is 21.7. The minimum atomic E-state index is -0.100. The number of anilines is 1. The number of para-hydroxylation sites is 1. The van der Waals surface area contributed by atoms with Gasteiger partial charge in [0.15, 0.2) is 11.5 Å². The molecule has 0 N–H and O–H groups in total. The topological polar surface area (TPSA) is 66.6 Å². The molecule has 6 rings (SSSR count). The zero-order valence-electron chi connectivity index (χ0n) is 19.5. The van der Waals surface area contributed by atoms with E-state index in [0.29, 0.717) is 26.2 Å². The minimum Gasteiger partial charge on any atom is -0.339 e. The van der Waals surface area contributed by atoms with E-state index in [-0.39, 0.29) is 11.8 Å². The summed E-state index contributed by atoms with van der Waals surface area (Å²) in [5.74, 6) is 1.74. The van der Waals surface area contributed by atoms with Gasteiger partial charge in [0.2, 0.25) is 11.9 Å². The Hall–Kier alpha value is -3.78. The fraction of sp³-hybridized carbons (Fsp3) is 0.259. The van der Waals surface area contributed by atoms with E-state index in [4.69, 9.17) is 4.98 Å². The summed E-state index contributed by atoms with van der Waals surface area (Å²) in [7, 11) is 0. The van der Waals surface area contributed by atoms with Gasteiger partial charge in [0.25, 0.3) is 0 Å². The van der Waals surface area contributed by atoms with Crippen LogP contribution in [0.15, 0.2) is 72.1 Å². The lowest BCUT2D eigenvalue weighted by Crippen LogP contribution is -2.50.